The van der Waals surface area contributed by atoms with Crippen LogP contribution in [0.3, 0.4) is 0 Å². The average molecular weight is 370 g/mol. The molecule has 1 N–H and O–H groups in total. The monoisotopic (exact) mass is 370 g/mol. The third-order valence-electron chi connectivity index (χ3n) is 4.62. The largest absolute Gasteiger partial charge is 0.341 e. The third kappa shape index (κ3) is 5.03. The van der Waals surface area contributed by atoms with E-state index in [1.807, 2.05) is 19.1 Å². The molecule has 1 aromatic carbocycles. The SMILES string of the molecule is CCN1C[C@@H](NC(=O)N(Cc2ccncc2)Cc2ccc(F)cc2)CC1=O. The maximum Gasteiger partial charge on any atom is 0.318 e. The van der Waals surface area contributed by atoms with Crippen LogP contribution in [0.1, 0.15) is 24.5 Å². The number of urea groups is 1. The van der Waals surface area contributed by atoms with Gasteiger partial charge < -0.3 is 15.1 Å². The Morgan fingerprint density at radius 2 is 1.81 bits per heavy atom. The maximum absolute atomic E-state index is 13.2. The maximum atomic E-state index is 13.2. The molecule has 1 aromatic heterocycles. The highest BCUT2D eigenvalue weighted by molar-refractivity contribution is 5.81. The van der Waals surface area contributed by atoms with Crippen LogP contribution in [0.25, 0.3) is 0 Å². The molecule has 7 heteroatoms. The van der Waals surface area contributed by atoms with Gasteiger partial charge in [0.05, 0.1) is 6.04 Å². The number of halogens is 1. The van der Waals surface area contributed by atoms with E-state index in [0.717, 1.165) is 11.1 Å². The molecule has 0 saturated carbocycles. The molecule has 0 spiro atoms. The van der Waals surface area contributed by atoms with Crippen LogP contribution in [0.5, 0.6) is 0 Å². The molecule has 0 radical (unpaired) electrons. The van der Waals surface area contributed by atoms with Gasteiger partial charge in [-0.05, 0) is 42.3 Å². The van der Waals surface area contributed by atoms with E-state index in [2.05, 4.69) is 10.3 Å². The summed E-state index contributed by atoms with van der Waals surface area (Å²) < 4.78 is 13.2. The highest BCUT2D eigenvalue weighted by Gasteiger charge is 2.30. The number of aromatic nitrogens is 1. The number of amides is 3. The zero-order chi connectivity index (χ0) is 19.2. The number of nitrogens with zero attached hydrogens (tertiary/aromatic N) is 3. The Kier molecular flexibility index (Phi) is 6.01. The Hall–Kier alpha value is -2.96. The molecule has 2 heterocycles. The number of likely N-dealkylation sites (N-methyl/N-ethyl adjacent to an activating group) is 1. The number of benzene rings is 1. The predicted octanol–water partition coefficient (Wildman–Crippen LogP) is 2.55. The lowest BCUT2D eigenvalue weighted by Crippen LogP contribution is -2.45. The van der Waals surface area contributed by atoms with Crippen molar-refractivity contribution in [1.29, 1.82) is 0 Å². The smallest absolute Gasteiger partial charge is 0.318 e. The van der Waals surface area contributed by atoms with E-state index in [1.165, 1.54) is 12.1 Å². The van der Waals surface area contributed by atoms with Gasteiger partial charge in [-0.25, -0.2) is 9.18 Å². The van der Waals surface area contributed by atoms with E-state index >= 15 is 0 Å². The van der Waals surface area contributed by atoms with Gasteiger partial charge in [-0.15, -0.1) is 0 Å². The van der Waals surface area contributed by atoms with Crippen molar-refractivity contribution in [3.63, 3.8) is 0 Å². The van der Waals surface area contributed by atoms with E-state index in [0.29, 0.717) is 32.6 Å². The first-order valence-electron chi connectivity index (χ1n) is 9.01. The fraction of sp³-hybridized carbons (Fsp3) is 0.350. The lowest BCUT2D eigenvalue weighted by atomic mass is 10.2. The van der Waals surface area contributed by atoms with Gasteiger partial charge in [0, 0.05) is 45.0 Å². The molecule has 3 rings (SSSR count). The van der Waals surface area contributed by atoms with E-state index in [4.69, 9.17) is 0 Å². The van der Waals surface area contributed by atoms with E-state index in [9.17, 15) is 14.0 Å². The first kappa shape index (κ1) is 18.8. The number of carbonyl (C=O) groups is 2. The van der Waals surface area contributed by atoms with Gasteiger partial charge in [0.25, 0.3) is 0 Å². The van der Waals surface area contributed by atoms with Crippen LogP contribution >= 0.6 is 0 Å². The van der Waals surface area contributed by atoms with Crippen molar-refractivity contribution in [2.24, 2.45) is 0 Å². The van der Waals surface area contributed by atoms with E-state index in [1.54, 1.807) is 34.3 Å². The zero-order valence-electron chi connectivity index (χ0n) is 15.3. The molecule has 1 aliphatic rings. The minimum atomic E-state index is -0.312. The van der Waals surface area contributed by atoms with Crippen molar-refractivity contribution in [2.45, 2.75) is 32.5 Å². The van der Waals surface area contributed by atoms with Gasteiger partial charge in [-0.1, -0.05) is 12.1 Å². The summed E-state index contributed by atoms with van der Waals surface area (Å²) in [4.78, 5) is 32.2. The van der Waals surface area contributed by atoms with Crippen LogP contribution in [0.4, 0.5) is 9.18 Å². The summed E-state index contributed by atoms with van der Waals surface area (Å²) in [6.07, 6.45) is 3.68. The summed E-state index contributed by atoms with van der Waals surface area (Å²) in [5.74, 6) is -0.255. The Morgan fingerprint density at radius 1 is 1.19 bits per heavy atom. The molecule has 27 heavy (non-hydrogen) atoms. The standard InChI is InChI=1S/C20H23FN4O2/c1-2-24-14-18(11-19(24)26)23-20(27)25(13-16-7-9-22-10-8-16)12-15-3-5-17(21)6-4-15/h3-10,18H,2,11-14H2,1H3,(H,23,27)/t18-/m0/s1. The minimum Gasteiger partial charge on any atom is -0.341 e. The highest BCUT2D eigenvalue weighted by Crippen LogP contribution is 2.14. The Balaban J connectivity index is 1.71. The normalized spacial score (nSPS) is 16.4. The number of carbonyl (C=O) groups excluding carboxylic acids is 2. The van der Waals surface area contributed by atoms with Crippen molar-refractivity contribution in [3.8, 4) is 0 Å². The molecular formula is C20H23FN4O2. The van der Waals surface area contributed by atoms with Crippen molar-refractivity contribution in [2.75, 3.05) is 13.1 Å². The van der Waals surface area contributed by atoms with Gasteiger partial charge >= 0.3 is 6.03 Å². The zero-order valence-corrected chi connectivity index (χ0v) is 15.3. The van der Waals surface area contributed by atoms with Crippen LogP contribution in [0.15, 0.2) is 48.8 Å². The molecule has 1 saturated heterocycles. The molecule has 142 valence electrons. The molecule has 1 fully saturated rings. The van der Waals surface area contributed by atoms with Gasteiger partial charge in [0.2, 0.25) is 5.91 Å². The quantitative estimate of drug-likeness (QED) is 0.850. The summed E-state index contributed by atoms with van der Waals surface area (Å²) >= 11 is 0. The predicted molar refractivity (Wildman–Crippen MR) is 99.1 cm³/mol. The number of nitrogens with one attached hydrogen (secondary N) is 1. The lowest BCUT2D eigenvalue weighted by Gasteiger charge is -2.25. The van der Waals surface area contributed by atoms with E-state index < -0.39 is 0 Å². The molecule has 0 aliphatic carbocycles. The molecule has 3 amide bonds. The fourth-order valence-electron chi connectivity index (χ4n) is 3.16. The third-order valence-corrected chi connectivity index (χ3v) is 4.62. The molecule has 0 unspecified atom stereocenters. The first-order chi connectivity index (χ1) is 13.0. The van der Waals surface area contributed by atoms with Crippen LogP contribution in [0, 0.1) is 5.82 Å². The van der Waals surface area contributed by atoms with Crippen molar-refractivity contribution < 1.29 is 14.0 Å². The summed E-state index contributed by atoms with van der Waals surface area (Å²) in [6, 6.07) is 9.36. The molecule has 1 aliphatic heterocycles. The molecular weight excluding hydrogens is 347 g/mol. The number of hydrogen-bond acceptors (Lipinski definition) is 3. The summed E-state index contributed by atoms with van der Waals surface area (Å²) in [5, 5.41) is 2.96. The minimum absolute atomic E-state index is 0.0574. The summed E-state index contributed by atoms with van der Waals surface area (Å²) in [5.41, 5.74) is 1.78. The average Bonchev–Trinajstić information content (AvgIpc) is 3.03. The van der Waals surface area contributed by atoms with Gasteiger partial charge in [-0.2, -0.15) is 0 Å². The fourth-order valence-corrected chi connectivity index (χ4v) is 3.16. The van der Waals surface area contributed by atoms with Gasteiger partial charge in [0.1, 0.15) is 5.82 Å². The van der Waals surface area contributed by atoms with Gasteiger partial charge in [0.15, 0.2) is 0 Å². The summed E-state index contributed by atoms with van der Waals surface area (Å²) in [6.45, 7) is 3.82. The number of likely N-dealkylation sites (tertiary alicyclic amines) is 1. The highest BCUT2D eigenvalue weighted by atomic mass is 19.1. The number of rotatable bonds is 6. The van der Waals surface area contributed by atoms with E-state index in [-0.39, 0.29) is 23.8 Å². The van der Waals surface area contributed by atoms with Crippen molar-refractivity contribution in [1.82, 2.24) is 20.1 Å². The second-order valence-corrected chi connectivity index (χ2v) is 6.62. The van der Waals surface area contributed by atoms with Crippen LogP contribution in [-0.4, -0.2) is 45.9 Å². The van der Waals surface area contributed by atoms with Crippen molar-refractivity contribution in [3.05, 3.63) is 65.7 Å². The molecule has 0 bridgehead atoms. The molecule has 2 aromatic rings. The van der Waals surface area contributed by atoms with Crippen LogP contribution < -0.4 is 5.32 Å². The second-order valence-electron chi connectivity index (χ2n) is 6.62. The van der Waals surface area contributed by atoms with Crippen molar-refractivity contribution >= 4 is 11.9 Å². The Morgan fingerprint density at radius 3 is 2.41 bits per heavy atom. The first-order valence-corrected chi connectivity index (χ1v) is 9.01. The molecule has 1 atom stereocenters. The lowest BCUT2D eigenvalue weighted by molar-refractivity contribution is -0.127. The van der Waals surface area contributed by atoms with Crippen LogP contribution in [-0.2, 0) is 17.9 Å². The topological polar surface area (TPSA) is 65.5 Å². The Labute approximate surface area is 158 Å². The van der Waals surface area contributed by atoms with Gasteiger partial charge in [-0.3, -0.25) is 9.78 Å². The number of hydrogen-bond donors (Lipinski definition) is 1. The number of pyridine rings is 1. The second kappa shape index (κ2) is 8.62. The van der Waals surface area contributed by atoms with Crippen LogP contribution in [0.2, 0.25) is 0 Å². The summed E-state index contributed by atoms with van der Waals surface area (Å²) in [7, 11) is 0. The Bertz CT molecular complexity index is 782. The molecule has 6 nitrogen and oxygen atoms in total.